The molecule has 4 nitrogen and oxygen atoms in total. The van der Waals surface area contributed by atoms with Gasteiger partial charge in [-0.05, 0) is 25.8 Å². The van der Waals surface area contributed by atoms with E-state index in [1.165, 1.54) is 0 Å². The first-order chi connectivity index (χ1) is 6.77. The predicted molar refractivity (Wildman–Crippen MR) is 54.9 cm³/mol. The zero-order chi connectivity index (χ0) is 10.4. The molecule has 1 fully saturated rings. The van der Waals surface area contributed by atoms with E-state index in [2.05, 4.69) is 5.32 Å². The van der Waals surface area contributed by atoms with Gasteiger partial charge in [-0.25, -0.2) is 0 Å². The van der Waals surface area contributed by atoms with E-state index < -0.39 is 0 Å². The zero-order valence-electron chi connectivity index (χ0n) is 8.83. The standard InChI is InChI=1S/C10H20N2O2/c1-11-5-2-10(14)12-6-3-9(8-12)4-7-13/h9,11,13H,2-8H2,1H3. The summed E-state index contributed by atoms with van der Waals surface area (Å²) in [6.07, 6.45) is 2.46. The van der Waals surface area contributed by atoms with Crippen LogP contribution in [0.1, 0.15) is 19.3 Å². The lowest BCUT2D eigenvalue weighted by Gasteiger charge is -2.16. The minimum Gasteiger partial charge on any atom is -0.396 e. The number of likely N-dealkylation sites (tertiary alicyclic amines) is 1. The maximum Gasteiger partial charge on any atom is 0.223 e. The molecule has 1 saturated heterocycles. The van der Waals surface area contributed by atoms with E-state index >= 15 is 0 Å². The Balaban J connectivity index is 2.23. The molecule has 1 atom stereocenters. The molecule has 4 heteroatoms. The third-order valence-electron chi connectivity index (χ3n) is 2.76. The summed E-state index contributed by atoms with van der Waals surface area (Å²) in [6.45, 7) is 2.69. The Hall–Kier alpha value is -0.610. The van der Waals surface area contributed by atoms with Crippen molar-refractivity contribution in [2.45, 2.75) is 19.3 Å². The third kappa shape index (κ3) is 3.27. The highest BCUT2D eigenvalue weighted by molar-refractivity contribution is 5.76. The molecule has 0 spiro atoms. The number of carbonyl (C=O) groups excluding carboxylic acids is 1. The minimum absolute atomic E-state index is 0.236. The second-order valence-corrected chi connectivity index (χ2v) is 3.86. The molecule has 1 aliphatic heterocycles. The van der Waals surface area contributed by atoms with Crippen LogP contribution in [0.2, 0.25) is 0 Å². The van der Waals surface area contributed by atoms with Gasteiger partial charge in [0.1, 0.15) is 0 Å². The zero-order valence-corrected chi connectivity index (χ0v) is 8.83. The van der Waals surface area contributed by atoms with E-state index in [1.54, 1.807) is 0 Å². The number of aliphatic hydroxyl groups excluding tert-OH is 1. The van der Waals surface area contributed by atoms with Gasteiger partial charge in [0.25, 0.3) is 0 Å². The fourth-order valence-electron chi connectivity index (χ4n) is 1.87. The molecule has 14 heavy (non-hydrogen) atoms. The van der Waals surface area contributed by atoms with Crippen LogP contribution in [0.25, 0.3) is 0 Å². The number of nitrogens with zero attached hydrogens (tertiary/aromatic N) is 1. The topological polar surface area (TPSA) is 52.6 Å². The number of rotatable bonds is 5. The molecule has 1 unspecified atom stereocenters. The lowest BCUT2D eigenvalue weighted by molar-refractivity contribution is -0.130. The maximum absolute atomic E-state index is 11.6. The molecule has 1 aliphatic rings. The highest BCUT2D eigenvalue weighted by Crippen LogP contribution is 2.19. The van der Waals surface area contributed by atoms with Gasteiger partial charge in [0.15, 0.2) is 0 Å². The van der Waals surface area contributed by atoms with Gasteiger partial charge in [-0.15, -0.1) is 0 Å². The number of carbonyl (C=O) groups is 1. The first-order valence-electron chi connectivity index (χ1n) is 5.31. The molecule has 2 N–H and O–H groups in total. The monoisotopic (exact) mass is 200 g/mol. The number of hydrogen-bond acceptors (Lipinski definition) is 3. The molecular weight excluding hydrogens is 180 g/mol. The fraction of sp³-hybridized carbons (Fsp3) is 0.900. The lowest BCUT2D eigenvalue weighted by atomic mass is 10.1. The normalized spacial score (nSPS) is 21.6. The van der Waals surface area contributed by atoms with Gasteiger partial charge in [0.2, 0.25) is 5.91 Å². The Labute approximate surface area is 85.3 Å². The molecule has 1 amide bonds. The molecule has 0 aromatic carbocycles. The SMILES string of the molecule is CNCCC(=O)N1CCC(CCO)C1. The second-order valence-electron chi connectivity index (χ2n) is 3.86. The van der Waals surface area contributed by atoms with Crippen LogP contribution in [0.5, 0.6) is 0 Å². The van der Waals surface area contributed by atoms with Gasteiger partial charge >= 0.3 is 0 Å². The van der Waals surface area contributed by atoms with Crippen LogP contribution in [0.3, 0.4) is 0 Å². The Morgan fingerprint density at radius 1 is 1.64 bits per heavy atom. The number of nitrogens with one attached hydrogen (secondary N) is 1. The summed E-state index contributed by atoms with van der Waals surface area (Å²) >= 11 is 0. The van der Waals surface area contributed by atoms with Crippen LogP contribution in [0.15, 0.2) is 0 Å². The number of amides is 1. The highest BCUT2D eigenvalue weighted by Gasteiger charge is 2.24. The summed E-state index contributed by atoms with van der Waals surface area (Å²) in [4.78, 5) is 13.5. The van der Waals surface area contributed by atoms with Crippen LogP contribution in [-0.4, -0.2) is 49.2 Å². The first-order valence-corrected chi connectivity index (χ1v) is 5.31. The van der Waals surface area contributed by atoms with Crippen molar-refractivity contribution < 1.29 is 9.90 Å². The average Bonchev–Trinajstić information content (AvgIpc) is 2.63. The Bertz CT molecular complexity index is 185. The van der Waals surface area contributed by atoms with E-state index in [9.17, 15) is 4.79 Å². The van der Waals surface area contributed by atoms with Crippen LogP contribution in [0, 0.1) is 5.92 Å². The second kappa shape index (κ2) is 5.98. The molecule has 0 saturated carbocycles. The summed E-state index contributed by atoms with van der Waals surface area (Å²) in [5.74, 6) is 0.748. The lowest BCUT2D eigenvalue weighted by Crippen LogP contribution is -2.30. The molecule has 0 radical (unpaired) electrons. The summed E-state index contributed by atoms with van der Waals surface area (Å²) in [5.41, 5.74) is 0. The Morgan fingerprint density at radius 3 is 3.07 bits per heavy atom. The molecular formula is C10H20N2O2. The van der Waals surface area contributed by atoms with Crippen molar-refractivity contribution in [3.8, 4) is 0 Å². The largest absolute Gasteiger partial charge is 0.396 e. The summed E-state index contributed by atoms with van der Waals surface area (Å²) < 4.78 is 0. The molecule has 0 bridgehead atoms. The molecule has 82 valence electrons. The van der Waals surface area contributed by atoms with Crippen LogP contribution in [-0.2, 0) is 4.79 Å². The predicted octanol–water partition coefficient (Wildman–Crippen LogP) is -0.173. The average molecular weight is 200 g/mol. The van der Waals surface area contributed by atoms with E-state index in [0.29, 0.717) is 12.3 Å². The van der Waals surface area contributed by atoms with Crippen molar-refractivity contribution in [1.82, 2.24) is 10.2 Å². The van der Waals surface area contributed by atoms with Gasteiger partial charge in [0, 0.05) is 32.7 Å². The van der Waals surface area contributed by atoms with Crippen LogP contribution >= 0.6 is 0 Å². The molecule has 1 heterocycles. The molecule has 1 rings (SSSR count). The van der Waals surface area contributed by atoms with Gasteiger partial charge in [-0.1, -0.05) is 0 Å². The Kier molecular flexibility index (Phi) is 4.90. The fourth-order valence-corrected chi connectivity index (χ4v) is 1.87. The smallest absolute Gasteiger partial charge is 0.223 e. The number of hydrogen-bond donors (Lipinski definition) is 2. The van der Waals surface area contributed by atoms with Crippen LogP contribution < -0.4 is 5.32 Å². The Morgan fingerprint density at radius 2 is 2.43 bits per heavy atom. The van der Waals surface area contributed by atoms with E-state index in [-0.39, 0.29) is 12.5 Å². The maximum atomic E-state index is 11.6. The van der Waals surface area contributed by atoms with Gasteiger partial charge in [-0.2, -0.15) is 0 Å². The van der Waals surface area contributed by atoms with Crippen molar-refractivity contribution in [3.63, 3.8) is 0 Å². The first kappa shape index (κ1) is 11.5. The van der Waals surface area contributed by atoms with Crippen molar-refractivity contribution in [2.24, 2.45) is 5.92 Å². The van der Waals surface area contributed by atoms with E-state index in [0.717, 1.165) is 32.5 Å². The van der Waals surface area contributed by atoms with Gasteiger partial charge < -0.3 is 15.3 Å². The third-order valence-corrected chi connectivity index (χ3v) is 2.76. The van der Waals surface area contributed by atoms with Gasteiger partial charge in [-0.3, -0.25) is 4.79 Å². The van der Waals surface area contributed by atoms with Crippen molar-refractivity contribution >= 4 is 5.91 Å². The minimum atomic E-state index is 0.236. The molecule has 0 aromatic heterocycles. The van der Waals surface area contributed by atoms with E-state index in [1.807, 2.05) is 11.9 Å². The summed E-state index contributed by atoms with van der Waals surface area (Å²) in [6, 6.07) is 0. The molecule has 0 aliphatic carbocycles. The van der Waals surface area contributed by atoms with Crippen LogP contribution in [0.4, 0.5) is 0 Å². The summed E-state index contributed by atoms with van der Waals surface area (Å²) in [5, 5.41) is 11.8. The molecule has 0 aromatic rings. The number of aliphatic hydroxyl groups is 1. The highest BCUT2D eigenvalue weighted by atomic mass is 16.3. The van der Waals surface area contributed by atoms with Crippen molar-refractivity contribution in [3.05, 3.63) is 0 Å². The van der Waals surface area contributed by atoms with Crippen molar-refractivity contribution in [2.75, 3.05) is 33.3 Å². The summed E-state index contributed by atoms with van der Waals surface area (Å²) in [7, 11) is 1.85. The van der Waals surface area contributed by atoms with Crippen molar-refractivity contribution in [1.29, 1.82) is 0 Å². The van der Waals surface area contributed by atoms with E-state index in [4.69, 9.17) is 5.11 Å². The van der Waals surface area contributed by atoms with Gasteiger partial charge in [0.05, 0.1) is 0 Å². The quantitative estimate of drug-likeness (QED) is 0.647.